The van der Waals surface area contributed by atoms with E-state index < -0.39 is 5.54 Å². The number of nitrogens with zero attached hydrogens (tertiary/aromatic N) is 5. The number of anilines is 1. The number of aromatic nitrogens is 5. The molecule has 1 aromatic carbocycles. The maximum atomic E-state index is 12.7. The van der Waals surface area contributed by atoms with Crippen LogP contribution in [0.3, 0.4) is 0 Å². The molecule has 0 aliphatic heterocycles. The molecule has 4 rings (SSSR count). The van der Waals surface area contributed by atoms with Crippen LogP contribution in [0.1, 0.15) is 29.8 Å². The largest absolute Gasteiger partial charge is 0.383 e. The Kier molecular flexibility index (Phi) is 5.75. The molecule has 1 amide bonds. The molecule has 0 fully saturated rings. The summed E-state index contributed by atoms with van der Waals surface area (Å²) in [7, 11) is 0. The van der Waals surface area contributed by atoms with Crippen molar-refractivity contribution in [1.82, 2.24) is 30.0 Å². The smallest absolute Gasteiger partial charge is 0.254 e. The van der Waals surface area contributed by atoms with Crippen LogP contribution in [0, 0.1) is 6.92 Å². The fraction of sp³-hybridized carbons (Fsp3) is 0.227. The molecule has 32 heavy (non-hydrogen) atoms. The molecule has 0 bridgehead atoms. The van der Waals surface area contributed by atoms with Crippen molar-refractivity contribution in [2.45, 2.75) is 26.3 Å². The summed E-state index contributed by atoms with van der Waals surface area (Å²) in [6.07, 6.45) is 1.41. The number of carbonyl (C=O) groups excluding carboxylic acids is 1. The normalized spacial score (nSPS) is 11.7. The van der Waals surface area contributed by atoms with E-state index in [0.717, 1.165) is 11.1 Å². The lowest BCUT2D eigenvalue weighted by Crippen LogP contribution is -2.41. The summed E-state index contributed by atoms with van der Waals surface area (Å²) in [4.78, 5) is 25.2. The third-order valence-corrected chi connectivity index (χ3v) is 5.63. The molecular weight excluding hydrogens is 449 g/mol. The second kappa shape index (κ2) is 8.37. The van der Waals surface area contributed by atoms with E-state index in [2.05, 4.69) is 20.3 Å². The number of carbonyl (C=O) groups is 1. The van der Waals surface area contributed by atoms with E-state index in [1.165, 1.54) is 18.5 Å². The van der Waals surface area contributed by atoms with Gasteiger partial charge >= 0.3 is 0 Å². The number of aryl methyl sites for hydroxylation is 1. The van der Waals surface area contributed by atoms with Crippen LogP contribution in [0.4, 0.5) is 5.82 Å². The van der Waals surface area contributed by atoms with Gasteiger partial charge in [0.15, 0.2) is 5.65 Å². The number of benzene rings is 1. The second-order valence-electron chi connectivity index (χ2n) is 8.05. The highest BCUT2D eigenvalue weighted by Gasteiger charge is 2.28. The predicted molar refractivity (Wildman–Crippen MR) is 126 cm³/mol. The van der Waals surface area contributed by atoms with Gasteiger partial charge < -0.3 is 11.1 Å². The van der Waals surface area contributed by atoms with Crippen molar-refractivity contribution in [1.29, 1.82) is 0 Å². The van der Waals surface area contributed by atoms with Gasteiger partial charge in [0.2, 0.25) is 0 Å². The summed E-state index contributed by atoms with van der Waals surface area (Å²) in [6.45, 7) is 6.16. The Morgan fingerprint density at radius 3 is 2.53 bits per heavy atom. The fourth-order valence-corrected chi connectivity index (χ4v) is 3.79. The number of pyridine rings is 1. The Morgan fingerprint density at radius 2 is 1.84 bits per heavy atom. The van der Waals surface area contributed by atoms with Crippen LogP contribution in [0.2, 0.25) is 10.3 Å². The van der Waals surface area contributed by atoms with Gasteiger partial charge in [0.25, 0.3) is 5.91 Å². The fourth-order valence-electron chi connectivity index (χ4n) is 3.36. The highest BCUT2D eigenvalue weighted by Crippen LogP contribution is 2.33. The Morgan fingerprint density at radius 1 is 1.12 bits per heavy atom. The maximum Gasteiger partial charge on any atom is 0.254 e. The van der Waals surface area contributed by atoms with Crippen LogP contribution in [0.15, 0.2) is 42.7 Å². The van der Waals surface area contributed by atoms with Gasteiger partial charge in [0.1, 0.15) is 28.1 Å². The number of rotatable bonds is 5. The van der Waals surface area contributed by atoms with E-state index >= 15 is 0 Å². The van der Waals surface area contributed by atoms with Crippen LogP contribution in [0.5, 0.6) is 0 Å². The highest BCUT2D eigenvalue weighted by molar-refractivity contribution is 6.34. The summed E-state index contributed by atoms with van der Waals surface area (Å²) in [5.41, 5.74) is 9.10. The van der Waals surface area contributed by atoms with Gasteiger partial charge in [0.05, 0.1) is 16.5 Å². The van der Waals surface area contributed by atoms with Crippen LogP contribution in [-0.2, 0) is 5.54 Å². The van der Waals surface area contributed by atoms with Gasteiger partial charge in [-0.1, -0.05) is 53.0 Å². The first-order valence-electron chi connectivity index (χ1n) is 9.84. The number of nitrogen functional groups attached to an aromatic ring is 1. The number of nitrogens with two attached hydrogens (primary N) is 1. The number of halogens is 2. The predicted octanol–water partition coefficient (Wildman–Crippen LogP) is 4.25. The number of amides is 1. The molecule has 0 unspecified atom stereocenters. The Balaban J connectivity index is 1.69. The quantitative estimate of drug-likeness (QED) is 0.422. The number of nitrogens with one attached hydrogen (secondary N) is 1. The summed E-state index contributed by atoms with van der Waals surface area (Å²) in [5.74, 6) is -0.0210. The molecule has 4 aromatic rings. The van der Waals surface area contributed by atoms with Crippen molar-refractivity contribution in [2.24, 2.45) is 0 Å². The molecule has 0 atom stereocenters. The Labute approximate surface area is 194 Å². The monoisotopic (exact) mass is 469 g/mol. The van der Waals surface area contributed by atoms with Crippen molar-refractivity contribution in [3.05, 3.63) is 64.2 Å². The van der Waals surface area contributed by atoms with E-state index in [4.69, 9.17) is 34.0 Å². The first-order chi connectivity index (χ1) is 15.2. The van der Waals surface area contributed by atoms with Gasteiger partial charge in [-0.15, -0.1) is 0 Å². The minimum Gasteiger partial charge on any atom is -0.383 e. The zero-order valence-electron chi connectivity index (χ0n) is 17.7. The molecule has 164 valence electrons. The van der Waals surface area contributed by atoms with E-state index in [1.807, 2.05) is 45.0 Å². The van der Waals surface area contributed by atoms with E-state index in [1.54, 1.807) is 4.68 Å². The van der Waals surface area contributed by atoms with E-state index in [0.29, 0.717) is 22.5 Å². The molecule has 0 aliphatic rings. The second-order valence-corrected chi connectivity index (χ2v) is 8.80. The number of hydrogen-bond donors (Lipinski definition) is 2. The standard InChI is InChI=1S/C22H21Cl2N7O/c1-12-4-6-13(7-5-12)17-16-19(25)27-11-28-20(16)31(30-17)22(2,3)10-26-21(32)14-8-9-15(23)29-18(14)24/h4-9,11H,10H2,1-3H3,(H,26,32)(H2,25,27,28). The van der Waals surface area contributed by atoms with Crippen LogP contribution in [0.25, 0.3) is 22.3 Å². The van der Waals surface area contributed by atoms with E-state index in [-0.39, 0.29) is 28.3 Å². The van der Waals surface area contributed by atoms with Crippen molar-refractivity contribution in [3.63, 3.8) is 0 Å². The summed E-state index contributed by atoms with van der Waals surface area (Å²) in [5, 5.41) is 8.65. The molecule has 8 nitrogen and oxygen atoms in total. The topological polar surface area (TPSA) is 112 Å². The molecule has 0 saturated heterocycles. The van der Waals surface area contributed by atoms with E-state index in [9.17, 15) is 4.79 Å². The average molecular weight is 470 g/mol. The lowest BCUT2D eigenvalue weighted by molar-refractivity contribution is 0.0936. The van der Waals surface area contributed by atoms with Crippen LogP contribution in [-0.4, -0.2) is 37.2 Å². The zero-order valence-corrected chi connectivity index (χ0v) is 19.2. The van der Waals surface area contributed by atoms with Crippen molar-refractivity contribution in [3.8, 4) is 11.3 Å². The number of fused-ring (bicyclic) bond motifs is 1. The molecule has 3 N–H and O–H groups in total. The molecule has 10 heteroatoms. The average Bonchev–Trinajstić information content (AvgIpc) is 3.15. The SMILES string of the molecule is Cc1ccc(-c2nn(C(C)(C)CNC(=O)c3ccc(Cl)nc3Cl)c3ncnc(N)c23)cc1. The van der Waals surface area contributed by atoms with Crippen LogP contribution < -0.4 is 11.1 Å². The van der Waals surface area contributed by atoms with Gasteiger partial charge in [-0.25, -0.2) is 19.6 Å². The van der Waals surface area contributed by atoms with Gasteiger partial charge in [-0.2, -0.15) is 5.10 Å². The summed E-state index contributed by atoms with van der Waals surface area (Å²) < 4.78 is 1.76. The number of hydrogen-bond acceptors (Lipinski definition) is 6. The third-order valence-electron chi connectivity index (χ3n) is 5.13. The first-order valence-corrected chi connectivity index (χ1v) is 10.6. The highest BCUT2D eigenvalue weighted by atomic mass is 35.5. The Hall–Kier alpha value is -3.23. The Bertz CT molecular complexity index is 1320. The zero-order chi connectivity index (χ0) is 23.0. The molecular formula is C22H21Cl2N7O. The molecule has 0 spiro atoms. The molecule has 0 radical (unpaired) electrons. The molecule has 3 aromatic heterocycles. The molecule has 0 saturated carbocycles. The summed E-state index contributed by atoms with van der Waals surface area (Å²) in [6, 6.07) is 11.0. The van der Waals surface area contributed by atoms with Crippen LogP contribution >= 0.6 is 23.2 Å². The first kappa shape index (κ1) is 22.0. The lowest BCUT2D eigenvalue weighted by Gasteiger charge is -2.26. The summed E-state index contributed by atoms with van der Waals surface area (Å²) >= 11 is 11.9. The van der Waals surface area contributed by atoms with Crippen molar-refractivity contribution < 1.29 is 4.79 Å². The third kappa shape index (κ3) is 4.11. The lowest BCUT2D eigenvalue weighted by atomic mass is 10.1. The van der Waals surface area contributed by atoms with Gasteiger partial charge in [0, 0.05) is 12.1 Å². The van der Waals surface area contributed by atoms with Gasteiger partial charge in [-0.05, 0) is 32.9 Å². The maximum absolute atomic E-state index is 12.7. The van der Waals surface area contributed by atoms with Crippen molar-refractivity contribution >= 4 is 46.0 Å². The molecule has 3 heterocycles. The van der Waals surface area contributed by atoms with Crippen molar-refractivity contribution in [2.75, 3.05) is 12.3 Å². The van der Waals surface area contributed by atoms with Gasteiger partial charge in [-0.3, -0.25) is 4.79 Å². The molecule has 0 aliphatic carbocycles. The minimum absolute atomic E-state index is 0.0412. The minimum atomic E-state index is -0.649.